The molecule has 2 N–H and O–H groups in total. The number of likely N-dealkylation sites (tertiary alicyclic amines) is 1. The summed E-state index contributed by atoms with van der Waals surface area (Å²) in [5.41, 5.74) is 8.41. The lowest BCUT2D eigenvalue weighted by molar-refractivity contribution is -0.122. The van der Waals surface area contributed by atoms with E-state index in [4.69, 9.17) is 5.73 Å². The fourth-order valence-corrected chi connectivity index (χ4v) is 4.41. The molecule has 24 heavy (non-hydrogen) atoms. The van der Waals surface area contributed by atoms with Gasteiger partial charge in [0.2, 0.25) is 5.91 Å². The summed E-state index contributed by atoms with van der Waals surface area (Å²) in [5, 5.41) is 4.39. The molecule has 3 unspecified atom stereocenters. The van der Waals surface area contributed by atoms with Crippen molar-refractivity contribution in [3.8, 4) is 0 Å². The number of carbonyl (C=O) groups excluding carboxylic acids is 2. The number of aromatic nitrogens is 3. The first-order valence-corrected chi connectivity index (χ1v) is 8.39. The van der Waals surface area contributed by atoms with Crippen molar-refractivity contribution in [1.29, 1.82) is 0 Å². The Bertz CT molecular complexity index is 843. The first kappa shape index (κ1) is 15.1. The number of hydrogen-bond donors (Lipinski definition) is 1. The van der Waals surface area contributed by atoms with E-state index in [1.165, 1.54) is 0 Å². The topological polar surface area (TPSA) is 93.6 Å². The first-order chi connectivity index (χ1) is 11.5. The molecule has 1 aliphatic heterocycles. The summed E-state index contributed by atoms with van der Waals surface area (Å²) < 4.78 is 1.68. The predicted molar refractivity (Wildman–Crippen MR) is 87.3 cm³/mol. The van der Waals surface area contributed by atoms with Gasteiger partial charge in [0.15, 0.2) is 5.65 Å². The lowest BCUT2D eigenvalue weighted by atomic mass is 9.93. The number of hydrogen-bond acceptors (Lipinski definition) is 4. The van der Waals surface area contributed by atoms with E-state index in [2.05, 4.69) is 10.1 Å². The van der Waals surface area contributed by atoms with Crippen LogP contribution in [0, 0.1) is 25.7 Å². The Kier molecular flexibility index (Phi) is 3.33. The summed E-state index contributed by atoms with van der Waals surface area (Å²) in [5.74, 6) is 0.0124. The normalized spacial score (nSPS) is 26.1. The van der Waals surface area contributed by atoms with E-state index in [9.17, 15) is 9.59 Å². The average Bonchev–Trinajstić information content (AvgIpc) is 3.19. The second kappa shape index (κ2) is 5.29. The number of amides is 2. The van der Waals surface area contributed by atoms with E-state index in [0.29, 0.717) is 23.7 Å². The van der Waals surface area contributed by atoms with Crippen molar-refractivity contribution in [2.24, 2.45) is 17.6 Å². The molecule has 2 amide bonds. The Balaban J connectivity index is 1.73. The molecule has 7 nitrogen and oxygen atoms in total. The van der Waals surface area contributed by atoms with E-state index >= 15 is 0 Å². The van der Waals surface area contributed by atoms with Crippen molar-refractivity contribution < 1.29 is 9.59 Å². The van der Waals surface area contributed by atoms with Crippen molar-refractivity contribution in [2.45, 2.75) is 39.2 Å². The van der Waals surface area contributed by atoms with Gasteiger partial charge in [0.25, 0.3) is 5.91 Å². The molecular weight excluding hydrogens is 306 g/mol. The van der Waals surface area contributed by atoms with Crippen molar-refractivity contribution in [2.75, 3.05) is 6.54 Å². The zero-order valence-corrected chi connectivity index (χ0v) is 13.9. The Hall–Kier alpha value is -2.44. The molecular formula is C17H21N5O2. The molecule has 4 rings (SSSR count). The van der Waals surface area contributed by atoms with Crippen LogP contribution in [-0.2, 0) is 4.79 Å². The van der Waals surface area contributed by atoms with Gasteiger partial charge in [-0.1, -0.05) is 6.42 Å². The quantitative estimate of drug-likeness (QED) is 0.893. The Morgan fingerprint density at radius 1 is 1.29 bits per heavy atom. The highest BCUT2D eigenvalue weighted by molar-refractivity contribution is 5.98. The largest absolute Gasteiger partial charge is 0.368 e. The number of carbonyl (C=O) groups is 2. The highest BCUT2D eigenvalue weighted by atomic mass is 16.2. The Labute approximate surface area is 139 Å². The van der Waals surface area contributed by atoms with Crippen LogP contribution in [0.4, 0.5) is 0 Å². The molecule has 2 aromatic rings. The lowest BCUT2D eigenvalue weighted by Crippen LogP contribution is -2.46. The average molecular weight is 327 g/mol. The molecule has 0 radical (unpaired) electrons. The maximum atomic E-state index is 13.1. The number of nitrogens with zero attached hydrogens (tertiary/aromatic N) is 4. The van der Waals surface area contributed by atoms with Crippen molar-refractivity contribution in [1.82, 2.24) is 19.5 Å². The summed E-state index contributed by atoms with van der Waals surface area (Å²) in [6.07, 6.45) is 4.73. The van der Waals surface area contributed by atoms with Crippen LogP contribution in [0.1, 0.15) is 41.0 Å². The molecule has 0 bridgehead atoms. The maximum Gasteiger partial charge on any atom is 0.257 e. The first-order valence-electron chi connectivity index (χ1n) is 8.39. The molecule has 0 aromatic carbocycles. The van der Waals surface area contributed by atoms with E-state index in [1.54, 1.807) is 15.6 Å². The third-order valence-corrected chi connectivity index (χ3v) is 5.52. The molecule has 2 aromatic heterocycles. The molecule has 2 aliphatic rings. The smallest absolute Gasteiger partial charge is 0.257 e. The van der Waals surface area contributed by atoms with Gasteiger partial charge in [-0.05, 0) is 38.5 Å². The molecule has 3 heterocycles. The zero-order chi connectivity index (χ0) is 17.0. The van der Waals surface area contributed by atoms with Gasteiger partial charge in [-0.15, -0.1) is 0 Å². The molecule has 126 valence electrons. The molecule has 1 saturated heterocycles. The van der Waals surface area contributed by atoms with E-state index in [1.807, 2.05) is 19.9 Å². The Morgan fingerprint density at radius 3 is 2.83 bits per heavy atom. The van der Waals surface area contributed by atoms with Gasteiger partial charge in [-0.3, -0.25) is 9.59 Å². The number of primary amides is 1. The minimum Gasteiger partial charge on any atom is -0.368 e. The summed E-state index contributed by atoms with van der Waals surface area (Å²) in [7, 11) is 0. The van der Waals surface area contributed by atoms with Crippen LogP contribution in [0.3, 0.4) is 0 Å². The fourth-order valence-electron chi connectivity index (χ4n) is 4.41. The summed E-state index contributed by atoms with van der Waals surface area (Å²) in [4.78, 5) is 31.1. The van der Waals surface area contributed by atoms with Crippen LogP contribution >= 0.6 is 0 Å². The van der Waals surface area contributed by atoms with Crippen LogP contribution < -0.4 is 5.73 Å². The van der Waals surface area contributed by atoms with Gasteiger partial charge in [0, 0.05) is 18.8 Å². The predicted octanol–water partition coefficient (Wildman–Crippen LogP) is 1.07. The van der Waals surface area contributed by atoms with Crippen molar-refractivity contribution in [3.63, 3.8) is 0 Å². The van der Waals surface area contributed by atoms with Gasteiger partial charge in [-0.2, -0.15) is 5.10 Å². The van der Waals surface area contributed by atoms with Gasteiger partial charge < -0.3 is 10.6 Å². The van der Waals surface area contributed by atoms with Gasteiger partial charge in [0.05, 0.1) is 17.0 Å². The number of nitrogens with two attached hydrogens (primary N) is 1. The number of rotatable bonds is 2. The van der Waals surface area contributed by atoms with E-state index in [-0.39, 0.29) is 11.8 Å². The molecule has 3 atom stereocenters. The zero-order valence-electron chi connectivity index (χ0n) is 13.9. The SMILES string of the molecule is Cc1cc2ncc(C(=O)N3CC4CCCC4C3C(N)=O)c(C)n2n1. The number of aryl methyl sites for hydroxylation is 2. The summed E-state index contributed by atoms with van der Waals surface area (Å²) in [6.45, 7) is 4.34. The van der Waals surface area contributed by atoms with E-state index in [0.717, 1.165) is 30.7 Å². The van der Waals surface area contributed by atoms with Crippen molar-refractivity contribution >= 4 is 17.5 Å². The van der Waals surface area contributed by atoms with Gasteiger partial charge in [-0.25, -0.2) is 9.50 Å². The van der Waals surface area contributed by atoms with Gasteiger partial charge >= 0.3 is 0 Å². The highest BCUT2D eigenvalue weighted by Crippen LogP contribution is 2.42. The van der Waals surface area contributed by atoms with Crippen LogP contribution in [0.2, 0.25) is 0 Å². The third kappa shape index (κ3) is 2.11. The molecule has 1 aliphatic carbocycles. The second-order valence-electron chi connectivity index (χ2n) is 6.97. The second-order valence-corrected chi connectivity index (χ2v) is 6.97. The molecule has 7 heteroatoms. The van der Waals surface area contributed by atoms with Gasteiger partial charge in [0.1, 0.15) is 6.04 Å². The summed E-state index contributed by atoms with van der Waals surface area (Å²) >= 11 is 0. The molecule has 1 saturated carbocycles. The molecule has 2 fully saturated rings. The van der Waals surface area contributed by atoms with Crippen LogP contribution in [-0.4, -0.2) is 43.9 Å². The lowest BCUT2D eigenvalue weighted by Gasteiger charge is -2.25. The third-order valence-electron chi connectivity index (χ3n) is 5.52. The highest BCUT2D eigenvalue weighted by Gasteiger charge is 2.49. The van der Waals surface area contributed by atoms with Crippen LogP contribution in [0.15, 0.2) is 12.3 Å². The Morgan fingerprint density at radius 2 is 2.08 bits per heavy atom. The minimum absolute atomic E-state index is 0.173. The van der Waals surface area contributed by atoms with E-state index < -0.39 is 11.9 Å². The maximum absolute atomic E-state index is 13.1. The standard InChI is InChI=1S/C17H21N5O2/c1-9-6-14-19-7-13(10(2)22(14)20-9)17(24)21-8-11-4-3-5-12(11)15(21)16(18)23/h6-7,11-12,15H,3-5,8H2,1-2H3,(H2,18,23). The monoisotopic (exact) mass is 327 g/mol. The van der Waals surface area contributed by atoms with Crippen molar-refractivity contribution in [3.05, 3.63) is 29.2 Å². The molecule has 0 spiro atoms. The van der Waals surface area contributed by atoms with Crippen LogP contribution in [0.5, 0.6) is 0 Å². The van der Waals surface area contributed by atoms with Crippen LogP contribution in [0.25, 0.3) is 5.65 Å². The fraction of sp³-hybridized carbons (Fsp3) is 0.529. The minimum atomic E-state index is -0.501. The number of fused-ring (bicyclic) bond motifs is 2. The summed E-state index contributed by atoms with van der Waals surface area (Å²) in [6, 6.07) is 1.37.